The van der Waals surface area contributed by atoms with Gasteiger partial charge in [0.1, 0.15) is 5.69 Å². The average Bonchev–Trinajstić information content (AvgIpc) is 3.36. The lowest BCUT2D eigenvalue weighted by molar-refractivity contribution is -0.122. The first-order chi connectivity index (χ1) is 19.6. The third kappa shape index (κ3) is 11.6. The van der Waals surface area contributed by atoms with Crippen LogP contribution in [0.3, 0.4) is 0 Å². The number of alkyl halides is 2. The van der Waals surface area contributed by atoms with Crippen LogP contribution >= 0.6 is 11.3 Å². The number of hydrogen-bond donors (Lipinski definition) is 3. The molecule has 0 fully saturated rings. The summed E-state index contributed by atoms with van der Waals surface area (Å²) in [5.74, 6) is -3.00. The molecule has 2 amide bonds. The lowest BCUT2D eigenvalue weighted by atomic mass is 9.92. The molecule has 0 spiro atoms. The zero-order valence-electron chi connectivity index (χ0n) is 25.6. The minimum absolute atomic E-state index is 0.0485. The second-order valence-electron chi connectivity index (χ2n) is 11.2. The van der Waals surface area contributed by atoms with Crippen molar-refractivity contribution in [1.29, 1.82) is 0 Å². The van der Waals surface area contributed by atoms with Crippen molar-refractivity contribution < 1.29 is 18.4 Å². The summed E-state index contributed by atoms with van der Waals surface area (Å²) in [6.45, 7) is 15.5. The van der Waals surface area contributed by atoms with Crippen LogP contribution in [0, 0.1) is 12.3 Å². The number of nitrogens with one attached hydrogen (secondary N) is 3. The molecular weight excluding hydrogens is 558 g/mol. The van der Waals surface area contributed by atoms with Crippen LogP contribution in [0.1, 0.15) is 93.8 Å². The first-order valence-corrected chi connectivity index (χ1v) is 14.7. The Kier molecular flexibility index (Phi) is 12.7. The lowest BCUT2D eigenvalue weighted by Crippen LogP contribution is -2.27. The molecule has 0 aliphatic rings. The van der Waals surface area contributed by atoms with Crippen molar-refractivity contribution in [3.05, 3.63) is 64.4 Å². The van der Waals surface area contributed by atoms with E-state index in [0.29, 0.717) is 22.9 Å². The molecule has 1 unspecified atom stereocenters. The Morgan fingerprint density at radius 1 is 1.10 bits per heavy atom. The number of aryl methyl sites for hydroxylation is 1. The van der Waals surface area contributed by atoms with Gasteiger partial charge in [0.05, 0.1) is 17.9 Å². The van der Waals surface area contributed by atoms with Gasteiger partial charge >= 0.3 is 0 Å². The molecule has 0 saturated carbocycles. The fraction of sp³-hybridized carbons (Fsp3) is 0.452. The number of thiazole rings is 1. The van der Waals surface area contributed by atoms with Crippen LogP contribution in [-0.4, -0.2) is 34.5 Å². The second-order valence-corrected chi connectivity index (χ2v) is 12.2. The number of hydrogen-bond acceptors (Lipinski definition) is 7. The molecule has 8 nitrogen and oxygen atoms in total. The van der Waals surface area contributed by atoms with Crippen LogP contribution in [0.25, 0.3) is 0 Å². The number of rotatable bonds is 10. The topological polar surface area (TPSA) is 108 Å². The van der Waals surface area contributed by atoms with Crippen LogP contribution in [0.2, 0.25) is 0 Å². The van der Waals surface area contributed by atoms with E-state index in [1.165, 1.54) is 23.5 Å². The highest BCUT2D eigenvalue weighted by Crippen LogP contribution is 2.30. The monoisotopic (exact) mass is 600 g/mol. The molecular formula is C31H42F2N6O2S. The van der Waals surface area contributed by atoms with Gasteiger partial charge in [0.25, 0.3) is 11.8 Å². The predicted molar refractivity (Wildman–Crippen MR) is 167 cm³/mol. The summed E-state index contributed by atoms with van der Waals surface area (Å²) in [5, 5.41) is 9.45. The number of halogens is 2. The normalized spacial score (nSPS) is 12.3. The summed E-state index contributed by atoms with van der Waals surface area (Å²) in [7, 11) is 0. The van der Waals surface area contributed by atoms with E-state index in [-0.39, 0.29) is 28.8 Å². The molecule has 42 heavy (non-hydrogen) atoms. The van der Waals surface area contributed by atoms with Gasteiger partial charge in [-0.1, -0.05) is 51.2 Å². The third-order valence-corrected chi connectivity index (χ3v) is 6.88. The zero-order valence-corrected chi connectivity index (χ0v) is 26.5. The maximum atomic E-state index is 13.3. The van der Waals surface area contributed by atoms with Crippen LogP contribution < -0.4 is 16.0 Å². The highest BCUT2D eigenvalue weighted by atomic mass is 32.1. The van der Waals surface area contributed by atoms with Gasteiger partial charge in [0, 0.05) is 48.4 Å². The van der Waals surface area contributed by atoms with Gasteiger partial charge in [-0.3, -0.25) is 14.6 Å². The number of carbonyl (C=O) groups is 2. The Balaban J connectivity index is 0.000000476. The van der Waals surface area contributed by atoms with Crippen molar-refractivity contribution in [2.24, 2.45) is 10.4 Å². The van der Waals surface area contributed by atoms with Crippen molar-refractivity contribution in [2.45, 2.75) is 80.2 Å². The summed E-state index contributed by atoms with van der Waals surface area (Å²) in [4.78, 5) is 37.2. The molecule has 3 N–H and O–H groups in total. The van der Waals surface area contributed by atoms with E-state index in [1.807, 2.05) is 20.8 Å². The molecule has 11 heteroatoms. The highest BCUT2D eigenvalue weighted by molar-refractivity contribution is 7.15. The summed E-state index contributed by atoms with van der Waals surface area (Å²) in [6, 6.07) is 7.35. The number of nitrogens with zero attached hydrogens (tertiary/aromatic N) is 3. The van der Waals surface area contributed by atoms with Crippen molar-refractivity contribution >= 4 is 45.9 Å². The minimum Gasteiger partial charge on any atom is -0.356 e. The number of amides is 2. The van der Waals surface area contributed by atoms with E-state index in [2.05, 4.69) is 58.6 Å². The van der Waals surface area contributed by atoms with E-state index in [1.54, 1.807) is 36.8 Å². The molecule has 0 saturated heterocycles. The first-order valence-electron chi connectivity index (χ1n) is 13.9. The second kappa shape index (κ2) is 15.5. The number of anilines is 2. The SMILES string of the molecule is CC=Nc1cnc(C(=O)NC(C)c2cnc(Nc3ccc(C(C)(F)F)cc3)s2)cc1C.CCCNC(=O)CC(C)(C)C. The zero-order chi connectivity index (χ0) is 31.5. The molecule has 2 aromatic heterocycles. The van der Waals surface area contributed by atoms with E-state index >= 15 is 0 Å². The molecule has 1 aromatic carbocycles. The Bertz CT molecular complexity index is 1340. The standard InChI is InChI=1S/C22H23F2N5OS.C9H19NO/c1-5-25-18-11-26-17(10-13(18)2)20(30)28-14(3)19-12-27-21(31-19)29-16-8-6-15(7-9-16)22(4,23)24;1-5-6-10-8(11)7-9(2,3)4/h5-12,14H,1-4H3,(H,27,29)(H,28,30);5-7H2,1-4H3,(H,10,11). The molecule has 2 heterocycles. The average molecular weight is 601 g/mol. The van der Waals surface area contributed by atoms with Crippen molar-refractivity contribution in [2.75, 3.05) is 11.9 Å². The van der Waals surface area contributed by atoms with Crippen LogP contribution in [0.15, 0.2) is 47.7 Å². The fourth-order valence-corrected chi connectivity index (χ4v) is 4.45. The largest absolute Gasteiger partial charge is 0.356 e. The predicted octanol–water partition coefficient (Wildman–Crippen LogP) is 7.86. The van der Waals surface area contributed by atoms with E-state index in [0.717, 1.165) is 36.0 Å². The molecule has 3 rings (SSSR count). The fourth-order valence-electron chi connectivity index (χ4n) is 3.61. The van der Waals surface area contributed by atoms with E-state index < -0.39 is 5.92 Å². The van der Waals surface area contributed by atoms with Crippen LogP contribution in [0.5, 0.6) is 0 Å². The van der Waals surface area contributed by atoms with Crippen LogP contribution in [0.4, 0.5) is 25.3 Å². The van der Waals surface area contributed by atoms with Gasteiger partial charge in [-0.2, -0.15) is 0 Å². The van der Waals surface area contributed by atoms with Crippen LogP contribution in [-0.2, 0) is 10.7 Å². The Labute approximate surface area is 251 Å². The van der Waals surface area contributed by atoms with Gasteiger partial charge in [0.2, 0.25) is 5.91 Å². The quantitative estimate of drug-likeness (QED) is 0.205. The van der Waals surface area contributed by atoms with Gasteiger partial charge in [-0.05, 0) is 56.4 Å². The van der Waals surface area contributed by atoms with Crippen molar-refractivity contribution in [3.8, 4) is 0 Å². The summed E-state index contributed by atoms with van der Waals surface area (Å²) >= 11 is 1.37. The number of aliphatic imine (C=N–C) groups is 1. The molecule has 0 aliphatic heterocycles. The van der Waals surface area contributed by atoms with Crippen molar-refractivity contribution in [3.63, 3.8) is 0 Å². The van der Waals surface area contributed by atoms with Gasteiger partial charge in [-0.15, -0.1) is 0 Å². The Morgan fingerprint density at radius 2 is 1.76 bits per heavy atom. The summed E-state index contributed by atoms with van der Waals surface area (Å²) in [5.41, 5.74) is 2.61. The Hall–Kier alpha value is -3.73. The molecule has 1 atom stereocenters. The molecule has 0 aliphatic carbocycles. The molecule has 0 bridgehead atoms. The number of aromatic nitrogens is 2. The van der Waals surface area contributed by atoms with E-state index in [4.69, 9.17) is 0 Å². The number of carbonyl (C=O) groups excluding carboxylic acids is 2. The molecule has 228 valence electrons. The smallest absolute Gasteiger partial charge is 0.270 e. The van der Waals surface area contributed by atoms with Gasteiger partial charge in [-0.25, -0.2) is 18.7 Å². The highest BCUT2D eigenvalue weighted by Gasteiger charge is 2.23. The number of pyridine rings is 1. The summed E-state index contributed by atoms with van der Waals surface area (Å²) in [6.07, 6.45) is 6.55. The molecule has 3 aromatic rings. The van der Waals surface area contributed by atoms with Gasteiger partial charge in [0.15, 0.2) is 5.13 Å². The maximum absolute atomic E-state index is 13.3. The third-order valence-electron chi connectivity index (χ3n) is 5.79. The molecule has 0 radical (unpaired) electrons. The minimum atomic E-state index is -2.88. The summed E-state index contributed by atoms with van der Waals surface area (Å²) < 4.78 is 26.7. The Morgan fingerprint density at radius 3 is 2.31 bits per heavy atom. The number of benzene rings is 1. The lowest BCUT2D eigenvalue weighted by Gasteiger charge is -2.16. The maximum Gasteiger partial charge on any atom is 0.270 e. The first kappa shape index (κ1) is 34.5. The van der Waals surface area contributed by atoms with Crippen molar-refractivity contribution in [1.82, 2.24) is 20.6 Å². The van der Waals surface area contributed by atoms with E-state index in [9.17, 15) is 18.4 Å². The van der Waals surface area contributed by atoms with Gasteiger partial charge < -0.3 is 16.0 Å².